The van der Waals surface area contributed by atoms with Crippen LogP contribution in [0.2, 0.25) is 5.02 Å². The Bertz CT molecular complexity index is 554. The summed E-state index contributed by atoms with van der Waals surface area (Å²) in [6.45, 7) is -0.184. The molecular weight excluding hydrogens is 274 g/mol. The van der Waals surface area contributed by atoms with Gasteiger partial charge < -0.3 is 5.11 Å². The van der Waals surface area contributed by atoms with E-state index in [1.165, 1.54) is 0 Å². The largest absolute Gasteiger partial charge is 0.395 e. The predicted octanol–water partition coefficient (Wildman–Crippen LogP) is 3.01. The number of halogens is 1. The Morgan fingerprint density at radius 2 is 1.80 bits per heavy atom. The first-order valence-corrected chi connectivity index (χ1v) is 6.86. The van der Waals surface area contributed by atoms with Gasteiger partial charge in [-0.2, -0.15) is 0 Å². The van der Waals surface area contributed by atoms with Crippen LogP contribution in [0.3, 0.4) is 0 Å². The van der Waals surface area contributed by atoms with Crippen LogP contribution in [0.5, 0.6) is 0 Å². The van der Waals surface area contributed by atoms with Gasteiger partial charge in [0.1, 0.15) is 5.78 Å². The van der Waals surface area contributed by atoms with Crippen LogP contribution in [0.25, 0.3) is 0 Å². The Hall–Kier alpha value is -1.71. The number of ketones is 1. The standard InChI is InChI=1S/C16H16ClNO2/c17-14-4-2-13(3-5-14)15(11-19)16(20)6-1-12-7-9-18-10-8-12/h2-5,7-10,15,19H,1,6,11H2/t15-/m0/s1. The minimum absolute atomic E-state index is 0.0339. The number of carbonyl (C=O) groups is 1. The molecule has 3 nitrogen and oxygen atoms in total. The van der Waals surface area contributed by atoms with Crippen molar-refractivity contribution in [3.8, 4) is 0 Å². The van der Waals surface area contributed by atoms with E-state index < -0.39 is 5.92 Å². The minimum Gasteiger partial charge on any atom is -0.395 e. The number of hydrogen-bond acceptors (Lipinski definition) is 3. The normalized spacial score (nSPS) is 12.1. The van der Waals surface area contributed by atoms with Gasteiger partial charge in [0.2, 0.25) is 0 Å². The van der Waals surface area contributed by atoms with Gasteiger partial charge in [0.25, 0.3) is 0 Å². The molecule has 0 saturated carbocycles. The predicted molar refractivity (Wildman–Crippen MR) is 78.8 cm³/mol. The molecule has 0 aliphatic rings. The number of aromatic nitrogens is 1. The lowest BCUT2D eigenvalue weighted by Gasteiger charge is -2.13. The molecule has 0 unspecified atom stereocenters. The molecule has 1 N–H and O–H groups in total. The average molecular weight is 290 g/mol. The molecule has 0 radical (unpaired) electrons. The number of carbonyl (C=O) groups excluding carboxylic acids is 1. The van der Waals surface area contributed by atoms with Crippen molar-refractivity contribution in [2.45, 2.75) is 18.8 Å². The second-order valence-electron chi connectivity index (χ2n) is 4.61. The molecule has 104 valence electrons. The van der Waals surface area contributed by atoms with E-state index in [0.717, 1.165) is 11.1 Å². The first kappa shape index (κ1) is 14.7. The summed E-state index contributed by atoms with van der Waals surface area (Å²) in [7, 11) is 0. The van der Waals surface area contributed by atoms with Gasteiger partial charge in [0, 0.05) is 23.8 Å². The Labute approximate surface area is 123 Å². The highest BCUT2D eigenvalue weighted by Gasteiger charge is 2.19. The number of rotatable bonds is 6. The van der Waals surface area contributed by atoms with Crippen LogP contribution in [-0.4, -0.2) is 22.5 Å². The number of pyridine rings is 1. The van der Waals surface area contributed by atoms with E-state index in [0.29, 0.717) is 17.9 Å². The first-order chi connectivity index (χ1) is 9.70. The van der Waals surface area contributed by atoms with Gasteiger partial charge in [-0.05, 0) is 41.8 Å². The third-order valence-corrected chi connectivity index (χ3v) is 3.51. The van der Waals surface area contributed by atoms with E-state index >= 15 is 0 Å². The number of benzene rings is 1. The number of aliphatic hydroxyl groups excluding tert-OH is 1. The molecule has 1 aromatic carbocycles. The number of nitrogens with zero attached hydrogens (tertiary/aromatic N) is 1. The van der Waals surface area contributed by atoms with E-state index in [1.54, 1.807) is 36.7 Å². The van der Waals surface area contributed by atoms with Crippen LogP contribution in [0.1, 0.15) is 23.5 Å². The second-order valence-corrected chi connectivity index (χ2v) is 5.04. The molecule has 2 rings (SSSR count). The van der Waals surface area contributed by atoms with Crippen LogP contribution in [0.15, 0.2) is 48.8 Å². The van der Waals surface area contributed by atoms with E-state index in [9.17, 15) is 9.90 Å². The molecule has 20 heavy (non-hydrogen) atoms. The maximum Gasteiger partial charge on any atom is 0.142 e. The second kappa shape index (κ2) is 7.17. The summed E-state index contributed by atoms with van der Waals surface area (Å²) >= 11 is 5.83. The molecule has 0 saturated heterocycles. The van der Waals surface area contributed by atoms with Gasteiger partial charge in [-0.25, -0.2) is 0 Å². The molecule has 0 aliphatic carbocycles. The Kier molecular flexibility index (Phi) is 5.27. The minimum atomic E-state index is -0.478. The van der Waals surface area contributed by atoms with E-state index in [4.69, 9.17) is 11.6 Å². The third-order valence-electron chi connectivity index (χ3n) is 3.25. The Morgan fingerprint density at radius 1 is 1.15 bits per heavy atom. The van der Waals surface area contributed by atoms with Crippen molar-refractivity contribution in [3.63, 3.8) is 0 Å². The first-order valence-electron chi connectivity index (χ1n) is 6.48. The fourth-order valence-corrected chi connectivity index (χ4v) is 2.21. The van der Waals surface area contributed by atoms with Crippen molar-refractivity contribution in [1.29, 1.82) is 0 Å². The highest BCUT2D eigenvalue weighted by Crippen LogP contribution is 2.21. The smallest absolute Gasteiger partial charge is 0.142 e. The van der Waals surface area contributed by atoms with E-state index in [2.05, 4.69) is 4.98 Å². The third kappa shape index (κ3) is 3.89. The van der Waals surface area contributed by atoms with Gasteiger partial charge in [-0.1, -0.05) is 23.7 Å². The highest BCUT2D eigenvalue weighted by molar-refractivity contribution is 6.30. The van der Waals surface area contributed by atoms with Crippen LogP contribution in [0, 0.1) is 0 Å². The Balaban J connectivity index is 2.00. The lowest BCUT2D eigenvalue weighted by atomic mass is 9.92. The lowest BCUT2D eigenvalue weighted by molar-refractivity contribution is -0.121. The maximum atomic E-state index is 12.2. The maximum absolute atomic E-state index is 12.2. The zero-order valence-electron chi connectivity index (χ0n) is 11.0. The molecule has 0 spiro atoms. The summed E-state index contributed by atoms with van der Waals surface area (Å²) in [6, 6.07) is 10.8. The quantitative estimate of drug-likeness (QED) is 0.889. The van der Waals surface area contributed by atoms with Crippen molar-refractivity contribution < 1.29 is 9.90 Å². The fourth-order valence-electron chi connectivity index (χ4n) is 2.08. The summed E-state index contributed by atoms with van der Waals surface area (Å²) in [6.07, 6.45) is 4.48. The summed E-state index contributed by atoms with van der Waals surface area (Å²) in [5.41, 5.74) is 1.87. The molecular formula is C16H16ClNO2. The van der Waals surface area contributed by atoms with Crippen molar-refractivity contribution in [2.24, 2.45) is 0 Å². The number of Topliss-reactive ketones (excluding diaryl/α,β-unsaturated/α-hetero) is 1. The highest BCUT2D eigenvalue weighted by atomic mass is 35.5. The van der Waals surface area contributed by atoms with E-state index in [1.807, 2.05) is 12.1 Å². The van der Waals surface area contributed by atoms with Crippen LogP contribution in [0.4, 0.5) is 0 Å². The van der Waals surface area contributed by atoms with E-state index in [-0.39, 0.29) is 12.4 Å². The van der Waals surface area contributed by atoms with Crippen LogP contribution >= 0.6 is 11.6 Å². The molecule has 0 amide bonds. The summed E-state index contributed by atoms with van der Waals surface area (Å²) in [4.78, 5) is 16.2. The molecule has 4 heteroatoms. The van der Waals surface area contributed by atoms with Gasteiger partial charge in [0.05, 0.1) is 12.5 Å². The average Bonchev–Trinajstić information content (AvgIpc) is 2.49. The fraction of sp³-hybridized carbons (Fsp3) is 0.250. The molecule has 1 atom stereocenters. The molecule has 0 bridgehead atoms. The molecule has 1 heterocycles. The zero-order valence-corrected chi connectivity index (χ0v) is 11.8. The van der Waals surface area contributed by atoms with Gasteiger partial charge in [-0.15, -0.1) is 0 Å². The molecule has 0 fully saturated rings. The number of hydrogen-bond donors (Lipinski definition) is 1. The van der Waals surface area contributed by atoms with Crippen LogP contribution in [-0.2, 0) is 11.2 Å². The van der Waals surface area contributed by atoms with Gasteiger partial charge in [-0.3, -0.25) is 9.78 Å². The van der Waals surface area contributed by atoms with Gasteiger partial charge >= 0.3 is 0 Å². The summed E-state index contributed by atoms with van der Waals surface area (Å²) in [5.74, 6) is -0.444. The van der Waals surface area contributed by atoms with Crippen molar-refractivity contribution in [1.82, 2.24) is 4.98 Å². The van der Waals surface area contributed by atoms with Crippen LogP contribution < -0.4 is 0 Å². The Morgan fingerprint density at radius 3 is 2.40 bits per heavy atom. The van der Waals surface area contributed by atoms with Crippen molar-refractivity contribution in [2.75, 3.05) is 6.61 Å². The lowest BCUT2D eigenvalue weighted by Crippen LogP contribution is -2.17. The number of aliphatic hydroxyl groups is 1. The molecule has 0 aliphatic heterocycles. The van der Waals surface area contributed by atoms with Crippen molar-refractivity contribution >= 4 is 17.4 Å². The van der Waals surface area contributed by atoms with Crippen molar-refractivity contribution in [3.05, 3.63) is 64.9 Å². The van der Waals surface area contributed by atoms with Gasteiger partial charge in [0.15, 0.2) is 0 Å². The topological polar surface area (TPSA) is 50.2 Å². The molecule has 1 aromatic heterocycles. The SMILES string of the molecule is O=C(CCc1ccncc1)[C@@H](CO)c1ccc(Cl)cc1. The molecule has 2 aromatic rings. The number of aryl methyl sites for hydroxylation is 1. The monoisotopic (exact) mass is 289 g/mol. The summed E-state index contributed by atoms with van der Waals surface area (Å²) < 4.78 is 0. The summed E-state index contributed by atoms with van der Waals surface area (Å²) in [5, 5.41) is 10.1. The zero-order chi connectivity index (χ0) is 14.4.